The zero-order valence-corrected chi connectivity index (χ0v) is 28.1. The summed E-state index contributed by atoms with van der Waals surface area (Å²) in [5.74, 6) is 1.14. The summed E-state index contributed by atoms with van der Waals surface area (Å²) in [5.41, 5.74) is 5.82. The van der Waals surface area contributed by atoms with Gasteiger partial charge in [-0.25, -0.2) is 0 Å². The van der Waals surface area contributed by atoms with E-state index >= 15 is 0 Å². The van der Waals surface area contributed by atoms with Gasteiger partial charge in [0.25, 0.3) is 0 Å². The molecule has 0 unspecified atom stereocenters. The van der Waals surface area contributed by atoms with Crippen molar-refractivity contribution < 1.29 is 18.1 Å². The number of rotatable bonds is 11. The molecule has 0 atom stereocenters. The van der Waals surface area contributed by atoms with Crippen molar-refractivity contribution in [2.45, 2.75) is 38.5 Å². The van der Waals surface area contributed by atoms with E-state index in [2.05, 4.69) is 52.0 Å². The van der Waals surface area contributed by atoms with Gasteiger partial charge in [-0.3, -0.25) is 0 Å². The summed E-state index contributed by atoms with van der Waals surface area (Å²) in [7, 11) is -4.26. The lowest BCUT2D eigenvalue weighted by Crippen LogP contribution is -2.18. The maximum atomic E-state index is 14.6. The minimum Gasteiger partial charge on any atom is -0.386 e. The highest BCUT2D eigenvalue weighted by molar-refractivity contribution is 7.49. The summed E-state index contributed by atoms with van der Waals surface area (Å²) in [5, 5.41) is 0. The Hall–Kier alpha value is -5.05. The second kappa shape index (κ2) is 13.4. The molecule has 0 bridgehead atoms. The van der Waals surface area contributed by atoms with Gasteiger partial charge in [0.15, 0.2) is 0 Å². The van der Waals surface area contributed by atoms with Crippen molar-refractivity contribution in [2.24, 2.45) is 0 Å². The van der Waals surface area contributed by atoms with Crippen LogP contribution in [0.4, 0.5) is 0 Å². The Bertz CT molecular complexity index is 1850. The molecule has 4 nitrogen and oxygen atoms in total. The monoisotopic (exact) mass is 638 g/mol. The van der Waals surface area contributed by atoms with Crippen LogP contribution in [0.1, 0.15) is 49.9 Å². The molecular weight excluding hydrogens is 599 g/mol. The number of hydrogen-bond donors (Lipinski definition) is 0. The number of phosphoric ester groups is 1. The minimum atomic E-state index is -4.26. The van der Waals surface area contributed by atoms with Gasteiger partial charge in [-0.05, 0) is 58.1 Å². The molecule has 0 aromatic heterocycles. The minimum absolute atomic E-state index is 0.236. The molecule has 236 valence electrons. The maximum Gasteiger partial charge on any atom is 0.647 e. The highest BCUT2D eigenvalue weighted by Gasteiger charge is 2.35. The number of hydrogen-bond acceptors (Lipinski definition) is 4. The molecular formula is C42H39O4P. The maximum absolute atomic E-state index is 14.6. The standard InChI is InChI=1S/C42H39O4P/c1-41(2,33-18-10-6-11-19-33)35-24-28-37(29-25-35)44-47(43,46-40-23-15-14-22-39(40)32-16-8-5-9-17-32)45-38-30-26-36(27-31-38)42(3,4)34-20-12-7-13-21-34/h5-31H,1-4H3. The molecule has 0 spiro atoms. The van der Waals surface area contributed by atoms with Gasteiger partial charge in [0.2, 0.25) is 0 Å². The van der Waals surface area contributed by atoms with Crippen molar-refractivity contribution in [3.63, 3.8) is 0 Å². The Morgan fingerprint density at radius 1 is 0.404 bits per heavy atom. The van der Waals surface area contributed by atoms with E-state index in [9.17, 15) is 4.57 Å². The number of phosphoric acid groups is 1. The Morgan fingerprint density at radius 3 is 1.21 bits per heavy atom. The predicted molar refractivity (Wildman–Crippen MR) is 191 cm³/mol. The van der Waals surface area contributed by atoms with Crippen LogP contribution in [0, 0.1) is 0 Å². The SMILES string of the molecule is CC(C)(c1ccccc1)c1ccc(OP(=O)(Oc2ccc(C(C)(C)c3ccccc3)cc2)Oc2ccccc2-c2ccccc2)cc1. The van der Waals surface area contributed by atoms with Crippen LogP contribution >= 0.6 is 7.82 Å². The molecule has 5 heteroatoms. The molecule has 0 aliphatic rings. The van der Waals surface area contributed by atoms with Crippen molar-refractivity contribution in [3.8, 4) is 28.4 Å². The molecule has 6 aromatic carbocycles. The first kappa shape index (κ1) is 31.9. The predicted octanol–water partition coefficient (Wildman–Crippen LogP) is 11.7. The number of para-hydroxylation sites is 1. The van der Waals surface area contributed by atoms with Gasteiger partial charge in [0.05, 0.1) is 0 Å². The van der Waals surface area contributed by atoms with Crippen LogP contribution in [0.15, 0.2) is 164 Å². The molecule has 0 N–H and O–H groups in total. The topological polar surface area (TPSA) is 44.8 Å². The van der Waals surface area contributed by atoms with E-state index in [0.717, 1.165) is 22.3 Å². The lowest BCUT2D eigenvalue weighted by Gasteiger charge is -2.27. The normalized spacial score (nSPS) is 11.9. The summed E-state index contributed by atoms with van der Waals surface area (Å²) in [6.07, 6.45) is 0. The molecule has 6 aromatic rings. The third kappa shape index (κ3) is 7.19. The molecule has 0 radical (unpaired) electrons. The highest BCUT2D eigenvalue weighted by atomic mass is 31.2. The summed E-state index contributed by atoms with van der Waals surface area (Å²) in [6.45, 7) is 8.72. The third-order valence-corrected chi connectivity index (χ3v) is 10.0. The average Bonchev–Trinajstić information content (AvgIpc) is 3.10. The molecule has 0 heterocycles. The second-order valence-corrected chi connectivity index (χ2v) is 14.1. The third-order valence-electron chi connectivity index (χ3n) is 8.76. The summed E-state index contributed by atoms with van der Waals surface area (Å²) in [6, 6.07) is 53.2. The summed E-state index contributed by atoms with van der Waals surface area (Å²) < 4.78 is 33.2. The van der Waals surface area contributed by atoms with Crippen molar-refractivity contribution in [1.82, 2.24) is 0 Å². The van der Waals surface area contributed by atoms with Crippen LogP contribution in [0.5, 0.6) is 17.2 Å². The van der Waals surface area contributed by atoms with Crippen LogP contribution in [-0.2, 0) is 15.4 Å². The van der Waals surface area contributed by atoms with E-state index < -0.39 is 7.82 Å². The van der Waals surface area contributed by atoms with Crippen molar-refractivity contribution in [1.29, 1.82) is 0 Å². The molecule has 47 heavy (non-hydrogen) atoms. The van der Waals surface area contributed by atoms with Gasteiger partial charge < -0.3 is 13.6 Å². The molecule has 0 fully saturated rings. The lowest BCUT2D eigenvalue weighted by atomic mass is 9.78. The average molecular weight is 639 g/mol. The van der Waals surface area contributed by atoms with Crippen LogP contribution < -0.4 is 13.6 Å². The van der Waals surface area contributed by atoms with Gasteiger partial charge in [-0.1, -0.05) is 161 Å². The fraction of sp³-hybridized carbons (Fsp3) is 0.143. The van der Waals surface area contributed by atoms with E-state index in [0.29, 0.717) is 17.2 Å². The van der Waals surface area contributed by atoms with E-state index in [1.165, 1.54) is 11.1 Å². The van der Waals surface area contributed by atoms with Gasteiger partial charge in [0, 0.05) is 16.4 Å². The fourth-order valence-corrected chi connectivity index (χ4v) is 7.02. The van der Waals surface area contributed by atoms with Gasteiger partial charge in [-0.15, -0.1) is 0 Å². The first-order valence-electron chi connectivity index (χ1n) is 15.8. The first-order chi connectivity index (χ1) is 22.6. The van der Waals surface area contributed by atoms with Crippen LogP contribution in [0.2, 0.25) is 0 Å². The molecule has 0 aliphatic heterocycles. The van der Waals surface area contributed by atoms with E-state index in [1.54, 1.807) is 6.07 Å². The van der Waals surface area contributed by atoms with Gasteiger partial charge in [0.1, 0.15) is 17.2 Å². The fourth-order valence-electron chi connectivity index (χ4n) is 5.74. The van der Waals surface area contributed by atoms with E-state index in [4.69, 9.17) is 13.6 Å². The number of benzene rings is 6. The Morgan fingerprint density at radius 2 is 0.766 bits per heavy atom. The zero-order chi connectivity index (χ0) is 32.9. The summed E-state index contributed by atoms with van der Waals surface area (Å²) in [4.78, 5) is 0. The Balaban J connectivity index is 1.31. The van der Waals surface area contributed by atoms with Gasteiger partial charge in [-0.2, -0.15) is 4.57 Å². The second-order valence-electron chi connectivity index (χ2n) is 12.6. The van der Waals surface area contributed by atoms with E-state index in [-0.39, 0.29) is 10.8 Å². The highest BCUT2D eigenvalue weighted by Crippen LogP contribution is 2.52. The van der Waals surface area contributed by atoms with Crippen LogP contribution in [-0.4, -0.2) is 0 Å². The Kier molecular flexibility index (Phi) is 9.07. The summed E-state index contributed by atoms with van der Waals surface area (Å²) >= 11 is 0. The largest absolute Gasteiger partial charge is 0.647 e. The van der Waals surface area contributed by atoms with Crippen LogP contribution in [0.25, 0.3) is 11.1 Å². The van der Waals surface area contributed by atoms with Crippen LogP contribution in [0.3, 0.4) is 0 Å². The molecule has 0 amide bonds. The molecule has 6 rings (SSSR count). The smallest absolute Gasteiger partial charge is 0.386 e. The van der Waals surface area contributed by atoms with E-state index in [1.807, 2.05) is 133 Å². The lowest BCUT2D eigenvalue weighted by molar-refractivity contribution is 0.298. The molecule has 0 saturated heterocycles. The van der Waals surface area contributed by atoms with Crippen molar-refractivity contribution in [3.05, 3.63) is 186 Å². The Labute approximate surface area is 278 Å². The molecule has 0 saturated carbocycles. The zero-order valence-electron chi connectivity index (χ0n) is 27.2. The van der Waals surface area contributed by atoms with Crippen molar-refractivity contribution in [2.75, 3.05) is 0 Å². The molecule has 0 aliphatic carbocycles. The first-order valence-corrected chi connectivity index (χ1v) is 17.3. The van der Waals surface area contributed by atoms with Gasteiger partial charge >= 0.3 is 7.82 Å². The quantitative estimate of drug-likeness (QED) is 0.132. The van der Waals surface area contributed by atoms with Crippen molar-refractivity contribution >= 4 is 7.82 Å².